The summed E-state index contributed by atoms with van der Waals surface area (Å²) in [6.07, 6.45) is 5.66. The van der Waals surface area contributed by atoms with Crippen LogP contribution in [0, 0.1) is 11.3 Å². The van der Waals surface area contributed by atoms with Crippen LogP contribution < -0.4 is 4.74 Å². The van der Waals surface area contributed by atoms with Crippen molar-refractivity contribution in [1.82, 2.24) is 19.9 Å². The minimum Gasteiger partial charge on any atom is -0.489 e. The van der Waals surface area contributed by atoms with Crippen molar-refractivity contribution in [2.75, 3.05) is 26.3 Å². The van der Waals surface area contributed by atoms with Gasteiger partial charge in [-0.15, -0.1) is 0 Å². The van der Waals surface area contributed by atoms with Gasteiger partial charge in [-0.2, -0.15) is 5.26 Å². The molecule has 2 aliphatic heterocycles. The first kappa shape index (κ1) is 22.4. The molecule has 34 heavy (non-hydrogen) atoms. The number of likely N-dealkylation sites (tertiary alicyclic amines) is 1. The highest BCUT2D eigenvalue weighted by molar-refractivity contribution is 5.64. The van der Waals surface area contributed by atoms with Gasteiger partial charge in [-0.25, -0.2) is 9.97 Å². The molecule has 8 nitrogen and oxygen atoms in total. The Morgan fingerprint density at radius 3 is 2.71 bits per heavy atom. The Balaban J connectivity index is 1.29. The van der Waals surface area contributed by atoms with Gasteiger partial charge in [-0.3, -0.25) is 9.88 Å². The maximum atomic E-state index is 9.68. The number of hydrogen-bond donors (Lipinski definition) is 1. The van der Waals surface area contributed by atoms with Crippen LogP contribution in [0.5, 0.6) is 5.75 Å². The summed E-state index contributed by atoms with van der Waals surface area (Å²) in [6.45, 7) is 3.50. The quantitative estimate of drug-likeness (QED) is 0.578. The van der Waals surface area contributed by atoms with Gasteiger partial charge in [0.05, 0.1) is 36.3 Å². The number of rotatable bonds is 7. The summed E-state index contributed by atoms with van der Waals surface area (Å²) in [4.78, 5) is 15.8. The molecule has 2 saturated heterocycles. The Morgan fingerprint density at radius 1 is 1.09 bits per heavy atom. The molecule has 0 bridgehead atoms. The van der Waals surface area contributed by atoms with E-state index in [4.69, 9.17) is 14.5 Å². The predicted octanol–water partition coefficient (Wildman–Crippen LogP) is 2.74. The van der Waals surface area contributed by atoms with Crippen LogP contribution in [0.15, 0.2) is 48.8 Å². The van der Waals surface area contributed by atoms with Crippen molar-refractivity contribution < 1.29 is 14.6 Å². The van der Waals surface area contributed by atoms with Crippen molar-refractivity contribution in [3.8, 4) is 23.1 Å². The van der Waals surface area contributed by atoms with E-state index in [-0.39, 0.29) is 12.2 Å². The topological polar surface area (TPSA) is 104 Å². The van der Waals surface area contributed by atoms with Gasteiger partial charge < -0.3 is 14.6 Å². The fraction of sp³-hybridized carbons (Fsp3) is 0.385. The Bertz CT molecular complexity index is 1180. The van der Waals surface area contributed by atoms with Crippen LogP contribution in [0.3, 0.4) is 0 Å². The highest BCUT2D eigenvalue weighted by Crippen LogP contribution is 2.27. The van der Waals surface area contributed by atoms with Crippen LogP contribution in [0.4, 0.5) is 0 Å². The van der Waals surface area contributed by atoms with Crippen LogP contribution in [0.25, 0.3) is 11.3 Å². The number of hydrogen-bond acceptors (Lipinski definition) is 8. The fourth-order valence-corrected chi connectivity index (χ4v) is 4.31. The lowest BCUT2D eigenvalue weighted by Crippen LogP contribution is -2.49. The molecule has 1 N–H and O–H groups in total. The molecule has 3 aromatic rings. The summed E-state index contributed by atoms with van der Waals surface area (Å²) < 4.78 is 11.5. The van der Waals surface area contributed by atoms with Gasteiger partial charge in [-0.1, -0.05) is 0 Å². The Kier molecular flexibility index (Phi) is 6.77. The number of aliphatic hydroxyl groups excluding tert-OH is 1. The second-order valence-corrected chi connectivity index (χ2v) is 8.79. The smallest absolute Gasteiger partial charge is 0.137 e. The lowest BCUT2D eigenvalue weighted by Gasteiger charge is -2.35. The van der Waals surface area contributed by atoms with E-state index in [1.807, 2.05) is 30.3 Å². The predicted molar refractivity (Wildman–Crippen MR) is 125 cm³/mol. The number of nitriles is 1. The SMILES string of the molecule is N#Cc1cc(-c2ccnc(Cc3ccnc(CN4CC(O)C4)c3)n2)ccc1OC1CCOCC1. The van der Waals surface area contributed by atoms with Crippen molar-refractivity contribution in [1.29, 1.82) is 5.26 Å². The molecule has 2 aliphatic rings. The first-order valence-corrected chi connectivity index (χ1v) is 11.6. The minimum absolute atomic E-state index is 0.0776. The van der Waals surface area contributed by atoms with Crippen molar-refractivity contribution in [2.45, 2.75) is 38.0 Å². The normalized spacial score (nSPS) is 17.2. The van der Waals surface area contributed by atoms with Crippen LogP contribution in [0.2, 0.25) is 0 Å². The van der Waals surface area contributed by atoms with E-state index in [1.54, 1.807) is 12.4 Å². The zero-order chi connectivity index (χ0) is 23.3. The van der Waals surface area contributed by atoms with Gasteiger partial charge >= 0.3 is 0 Å². The molecule has 0 amide bonds. The van der Waals surface area contributed by atoms with Gasteiger partial charge in [0, 0.05) is 56.9 Å². The molecule has 0 saturated carbocycles. The standard InChI is InChI=1S/C26H27N5O3/c27-14-20-13-19(1-2-25(20)34-23-5-9-33-10-6-23)24-4-8-29-26(30-24)12-18-3-7-28-21(11-18)15-31-16-22(32)17-31/h1-4,7-8,11,13,22-23,32H,5-6,9-10,12,15-17H2. The lowest BCUT2D eigenvalue weighted by atomic mass is 10.1. The summed E-state index contributed by atoms with van der Waals surface area (Å²) in [5.74, 6) is 1.31. The van der Waals surface area contributed by atoms with Gasteiger partial charge in [0.1, 0.15) is 23.7 Å². The van der Waals surface area contributed by atoms with Crippen molar-refractivity contribution in [3.05, 3.63) is 71.4 Å². The first-order chi connectivity index (χ1) is 16.7. The molecule has 1 aromatic carbocycles. The highest BCUT2D eigenvalue weighted by atomic mass is 16.5. The molecule has 8 heteroatoms. The van der Waals surface area contributed by atoms with Gasteiger partial charge in [0.2, 0.25) is 0 Å². The second-order valence-electron chi connectivity index (χ2n) is 8.79. The fourth-order valence-electron chi connectivity index (χ4n) is 4.31. The monoisotopic (exact) mass is 457 g/mol. The maximum Gasteiger partial charge on any atom is 0.137 e. The van der Waals surface area contributed by atoms with Crippen LogP contribution in [-0.2, 0) is 17.7 Å². The summed E-state index contributed by atoms with van der Waals surface area (Å²) in [6, 6.07) is 13.8. The molecule has 174 valence electrons. The number of nitrogens with zero attached hydrogens (tertiary/aromatic N) is 5. The van der Waals surface area contributed by atoms with E-state index in [1.165, 1.54) is 0 Å². The molecule has 0 spiro atoms. The minimum atomic E-state index is -0.219. The van der Waals surface area contributed by atoms with Gasteiger partial charge in [0.15, 0.2) is 0 Å². The zero-order valence-corrected chi connectivity index (χ0v) is 18.9. The van der Waals surface area contributed by atoms with E-state index in [2.05, 4.69) is 27.0 Å². The first-order valence-electron chi connectivity index (χ1n) is 11.6. The highest BCUT2D eigenvalue weighted by Gasteiger charge is 2.24. The van der Waals surface area contributed by atoms with Gasteiger partial charge in [-0.05, 0) is 42.0 Å². The number of aliphatic hydroxyl groups is 1. The van der Waals surface area contributed by atoms with Crippen LogP contribution in [0.1, 0.15) is 35.5 Å². The second kappa shape index (κ2) is 10.3. The zero-order valence-electron chi connectivity index (χ0n) is 18.9. The Labute approximate surface area is 198 Å². The summed E-state index contributed by atoms with van der Waals surface area (Å²) in [7, 11) is 0. The van der Waals surface area contributed by atoms with E-state index in [9.17, 15) is 10.4 Å². The van der Waals surface area contributed by atoms with Crippen molar-refractivity contribution in [2.24, 2.45) is 0 Å². The third-order valence-corrected chi connectivity index (χ3v) is 6.13. The van der Waals surface area contributed by atoms with E-state index < -0.39 is 0 Å². The van der Waals surface area contributed by atoms with E-state index in [0.717, 1.165) is 41.9 Å². The third-order valence-electron chi connectivity index (χ3n) is 6.13. The summed E-state index contributed by atoms with van der Waals surface area (Å²) in [5.41, 5.74) is 4.17. The van der Waals surface area contributed by atoms with Gasteiger partial charge in [0.25, 0.3) is 0 Å². The molecule has 0 unspecified atom stereocenters. The van der Waals surface area contributed by atoms with Crippen LogP contribution >= 0.6 is 0 Å². The Morgan fingerprint density at radius 2 is 1.91 bits per heavy atom. The molecule has 4 heterocycles. The molecule has 0 aliphatic carbocycles. The largest absolute Gasteiger partial charge is 0.489 e. The lowest BCUT2D eigenvalue weighted by molar-refractivity contribution is -0.00354. The summed E-state index contributed by atoms with van der Waals surface area (Å²) in [5, 5.41) is 19.2. The van der Waals surface area contributed by atoms with E-state index in [0.29, 0.717) is 49.9 Å². The number of pyridine rings is 1. The molecular weight excluding hydrogens is 430 g/mol. The maximum absolute atomic E-state index is 9.68. The molecule has 0 radical (unpaired) electrons. The molecular formula is C26H27N5O3. The van der Waals surface area contributed by atoms with Crippen LogP contribution in [-0.4, -0.2) is 63.5 Å². The number of ether oxygens (including phenoxy) is 2. The number of β-amino-alcohol motifs (C(OH)–C–C–N with tert-alkyl or cyclic N) is 1. The molecule has 5 rings (SSSR count). The number of aromatic nitrogens is 3. The van der Waals surface area contributed by atoms with Crippen molar-refractivity contribution in [3.63, 3.8) is 0 Å². The molecule has 2 aromatic heterocycles. The molecule has 0 atom stereocenters. The van der Waals surface area contributed by atoms with E-state index >= 15 is 0 Å². The third kappa shape index (κ3) is 5.39. The summed E-state index contributed by atoms with van der Waals surface area (Å²) >= 11 is 0. The molecule has 2 fully saturated rings. The number of benzene rings is 1. The average molecular weight is 458 g/mol. The van der Waals surface area contributed by atoms with Crippen molar-refractivity contribution >= 4 is 0 Å². The average Bonchev–Trinajstić information content (AvgIpc) is 2.84. The Hall–Kier alpha value is -3.38.